The molecule has 0 spiro atoms. The molecule has 0 aliphatic carbocycles. The average molecular weight is 759 g/mol. The van der Waals surface area contributed by atoms with Crippen molar-refractivity contribution in [3.8, 4) is 0 Å². The van der Waals surface area contributed by atoms with Gasteiger partial charge in [0.25, 0.3) is 0 Å². The highest BCUT2D eigenvalue weighted by molar-refractivity contribution is 5.87. The molecule has 9 heteroatoms. The Morgan fingerprint density at radius 3 is 1.57 bits per heavy atom. The number of amides is 2. The quantitative estimate of drug-likeness (QED) is 0.0279. The minimum absolute atomic E-state index is 0.0808. The van der Waals surface area contributed by atoms with Crippen molar-refractivity contribution < 1.29 is 34.1 Å². The average Bonchev–Trinajstić information content (AvgIpc) is 3.15. The first-order valence-corrected chi connectivity index (χ1v) is 21.5. The molecule has 0 heterocycles. The maximum atomic E-state index is 12.8. The second-order valence-corrected chi connectivity index (χ2v) is 14.4. The Morgan fingerprint density at radius 2 is 1.06 bits per heavy atom. The number of hydrogen-bond acceptors (Lipinski definition) is 6. The Balaban J connectivity index is 4.43. The van der Waals surface area contributed by atoms with Gasteiger partial charge in [0.2, 0.25) is 11.8 Å². The third kappa shape index (κ3) is 35.8. The summed E-state index contributed by atoms with van der Waals surface area (Å²) in [7, 11) is 0. The van der Waals surface area contributed by atoms with E-state index in [1.54, 1.807) is 0 Å². The summed E-state index contributed by atoms with van der Waals surface area (Å²) in [6.07, 6.45) is 45.7. The number of hydrogen-bond donors (Lipinski definition) is 4. The number of carbonyl (C=O) groups is 4. The van der Waals surface area contributed by atoms with Crippen LogP contribution in [0.25, 0.3) is 0 Å². The van der Waals surface area contributed by atoms with Gasteiger partial charge >= 0.3 is 11.9 Å². The summed E-state index contributed by atoms with van der Waals surface area (Å²) in [6.45, 7) is 3.35. The number of carboxylic acids is 1. The van der Waals surface area contributed by atoms with Crippen LogP contribution in [0, 0.1) is 0 Å². The van der Waals surface area contributed by atoms with Crippen molar-refractivity contribution in [1.29, 1.82) is 0 Å². The van der Waals surface area contributed by atoms with Crippen LogP contribution in [0.5, 0.6) is 0 Å². The topological polar surface area (TPSA) is 142 Å². The number of esters is 1. The zero-order valence-electron chi connectivity index (χ0n) is 34.2. The van der Waals surface area contributed by atoms with Gasteiger partial charge in [0, 0.05) is 12.8 Å². The summed E-state index contributed by atoms with van der Waals surface area (Å²) in [5.74, 6) is -2.35. The Labute approximate surface area is 328 Å². The first-order chi connectivity index (χ1) is 26.3. The van der Waals surface area contributed by atoms with Crippen molar-refractivity contribution in [3.05, 3.63) is 48.6 Å². The molecule has 0 aromatic rings. The lowest BCUT2D eigenvalue weighted by molar-refractivity contribution is -0.150. The number of carboxylic acid groups (broad SMARTS) is 1. The Morgan fingerprint density at radius 1 is 0.574 bits per heavy atom. The van der Waals surface area contributed by atoms with Gasteiger partial charge < -0.3 is 25.6 Å². The zero-order valence-corrected chi connectivity index (χ0v) is 34.2. The smallest absolute Gasteiger partial charge is 0.328 e. The van der Waals surface area contributed by atoms with Gasteiger partial charge in [0.15, 0.2) is 0 Å². The van der Waals surface area contributed by atoms with Crippen LogP contribution >= 0.6 is 0 Å². The lowest BCUT2D eigenvalue weighted by Crippen LogP contribution is -2.47. The molecule has 0 radical (unpaired) electrons. The maximum Gasteiger partial charge on any atom is 0.328 e. The largest absolute Gasteiger partial charge is 0.480 e. The fourth-order valence-corrected chi connectivity index (χ4v) is 6.06. The molecule has 0 rings (SSSR count). The van der Waals surface area contributed by atoms with Crippen molar-refractivity contribution in [2.45, 2.75) is 199 Å². The number of aliphatic hydroxyl groups excluding tert-OH is 1. The van der Waals surface area contributed by atoms with E-state index >= 15 is 0 Å². The van der Waals surface area contributed by atoms with E-state index in [1.165, 1.54) is 70.6 Å². The van der Waals surface area contributed by atoms with E-state index in [9.17, 15) is 19.2 Å². The van der Waals surface area contributed by atoms with Gasteiger partial charge in [-0.3, -0.25) is 14.4 Å². The van der Waals surface area contributed by atoms with Crippen LogP contribution in [0.15, 0.2) is 48.6 Å². The van der Waals surface area contributed by atoms with Gasteiger partial charge in [-0.25, -0.2) is 4.79 Å². The van der Waals surface area contributed by atoms with Crippen molar-refractivity contribution in [2.24, 2.45) is 0 Å². The standard InChI is InChI=1S/C45H78N2O7/c1-3-5-7-9-11-13-15-17-19-21-23-26-30-34-40(54-44(51)37-33-29-24-22-20-18-16-14-12-10-8-6-4-2)35-31-27-25-28-32-36-42(49)46-38-43(50)47-41(39-48)45(52)53/h5,7,11,13,17,19,23,26,40-41,48H,3-4,6,8-10,12,14-16,18,20-22,24-25,27-39H2,1-2H3,(H,46,49)(H,47,50)(H,52,53)/b7-5-,13-11-,19-17-,26-23-. The lowest BCUT2D eigenvalue weighted by Gasteiger charge is -2.17. The van der Waals surface area contributed by atoms with Crippen LogP contribution in [-0.2, 0) is 23.9 Å². The molecule has 0 aromatic heterocycles. The van der Waals surface area contributed by atoms with Gasteiger partial charge in [-0.2, -0.15) is 0 Å². The van der Waals surface area contributed by atoms with Crippen molar-refractivity contribution in [2.75, 3.05) is 13.2 Å². The highest BCUT2D eigenvalue weighted by Gasteiger charge is 2.19. The molecule has 2 atom stereocenters. The molecule has 9 nitrogen and oxygen atoms in total. The van der Waals surface area contributed by atoms with E-state index < -0.39 is 24.5 Å². The summed E-state index contributed by atoms with van der Waals surface area (Å²) in [5.41, 5.74) is 0. The molecule has 2 unspecified atom stereocenters. The van der Waals surface area contributed by atoms with Crippen LogP contribution in [0.1, 0.15) is 187 Å². The monoisotopic (exact) mass is 759 g/mol. The number of aliphatic hydroxyl groups is 1. The van der Waals surface area contributed by atoms with Gasteiger partial charge in [0.1, 0.15) is 12.1 Å². The van der Waals surface area contributed by atoms with Gasteiger partial charge in [0.05, 0.1) is 13.2 Å². The number of aliphatic carboxylic acids is 1. The molecule has 0 saturated heterocycles. The molecule has 310 valence electrons. The van der Waals surface area contributed by atoms with Gasteiger partial charge in [-0.1, -0.05) is 159 Å². The van der Waals surface area contributed by atoms with Gasteiger partial charge in [-0.05, 0) is 64.2 Å². The van der Waals surface area contributed by atoms with Crippen molar-refractivity contribution >= 4 is 23.8 Å². The molecule has 4 N–H and O–H groups in total. The molecule has 0 bridgehead atoms. The molecule has 0 saturated carbocycles. The van der Waals surface area contributed by atoms with E-state index in [0.717, 1.165) is 83.5 Å². The number of ether oxygens (including phenoxy) is 1. The second kappa shape index (κ2) is 39.5. The summed E-state index contributed by atoms with van der Waals surface area (Å²) in [6, 6.07) is -1.39. The van der Waals surface area contributed by atoms with Crippen molar-refractivity contribution in [1.82, 2.24) is 10.6 Å². The summed E-state index contributed by atoms with van der Waals surface area (Å²) in [5, 5.41) is 22.5. The van der Waals surface area contributed by atoms with E-state index in [0.29, 0.717) is 12.8 Å². The van der Waals surface area contributed by atoms with E-state index in [1.807, 2.05) is 0 Å². The molecule has 0 aromatic carbocycles. The molecule has 0 fully saturated rings. The SMILES string of the molecule is CC/C=C\C/C=C\C/C=C\C/C=C\CCC(CCCCCCCC(=O)NCC(=O)NC(CO)C(=O)O)OC(=O)CCCCCCCCCCCCCCC. The van der Waals surface area contributed by atoms with E-state index in [4.69, 9.17) is 14.9 Å². The number of nitrogens with one attached hydrogen (secondary N) is 2. The van der Waals surface area contributed by atoms with Crippen LogP contribution in [0.4, 0.5) is 0 Å². The first-order valence-electron chi connectivity index (χ1n) is 21.5. The summed E-state index contributed by atoms with van der Waals surface area (Å²) < 4.78 is 5.98. The minimum Gasteiger partial charge on any atom is -0.480 e. The highest BCUT2D eigenvalue weighted by atomic mass is 16.5. The van der Waals surface area contributed by atoms with E-state index in [2.05, 4.69) is 73.1 Å². The number of carbonyl (C=O) groups excluding carboxylic acids is 3. The second-order valence-electron chi connectivity index (χ2n) is 14.4. The third-order valence-corrected chi connectivity index (χ3v) is 9.35. The number of rotatable bonds is 38. The number of unbranched alkanes of at least 4 members (excludes halogenated alkanes) is 16. The fourth-order valence-electron chi connectivity index (χ4n) is 6.06. The highest BCUT2D eigenvalue weighted by Crippen LogP contribution is 2.17. The molecule has 0 aliphatic rings. The maximum absolute atomic E-state index is 12.8. The molecule has 54 heavy (non-hydrogen) atoms. The Hall–Kier alpha value is -3.20. The normalized spacial score (nSPS) is 12.9. The Kier molecular flexibility index (Phi) is 37.2. The van der Waals surface area contributed by atoms with Crippen molar-refractivity contribution in [3.63, 3.8) is 0 Å². The molecule has 0 aliphatic heterocycles. The molecule has 2 amide bonds. The first kappa shape index (κ1) is 50.8. The van der Waals surface area contributed by atoms with Crippen LogP contribution < -0.4 is 10.6 Å². The van der Waals surface area contributed by atoms with Gasteiger partial charge in [-0.15, -0.1) is 0 Å². The fraction of sp³-hybridized carbons (Fsp3) is 0.733. The van der Waals surface area contributed by atoms with Crippen LogP contribution in [0.3, 0.4) is 0 Å². The zero-order chi connectivity index (χ0) is 39.7. The number of allylic oxidation sites excluding steroid dienone is 8. The minimum atomic E-state index is -1.39. The molecular weight excluding hydrogens is 681 g/mol. The van der Waals surface area contributed by atoms with Crippen LogP contribution in [0.2, 0.25) is 0 Å². The summed E-state index contributed by atoms with van der Waals surface area (Å²) in [4.78, 5) is 47.5. The lowest BCUT2D eigenvalue weighted by atomic mass is 10.0. The predicted octanol–water partition coefficient (Wildman–Crippen LogP) is 10.4. The predicted molar refractivity (Wildman–Crippen MR) is 222 cm³/mol. The third-order valence-electron chi connectivity index (χ3n) is 9.35. The Bertz CT molecular complexity index is 1050. The van der Waals surface area contributed by atoms with Crippen LogP contribution in [-0.4, -0.2) is 59.3 Å². The molecular formula is C45H78N2O7. The van der Waals surface area contributed by atoms with E-state index in [-0.39, 0.29) is 30.9 Å². The summed E-state index contributed by atoms with van der Waals surface area (Å²) >= 11 is 0.